The average Bonchev–Trinajstić information content (AvgIpc) is 2.68. The Morgan fingerprint density at radius 1 is 0.484 bits per heavy atom. The average molecular weight is 784 g/mol. The number of hydrogen-bond acceptors (Lipinski definition) is 9. The van der Waals surface area contributed by atoms with Gasteiger partial charge in [0.1, 0.15) is 0 Å². The molecule has 0 saturated heterocycles. The van der Waals surface area contributed by atoms with Crippen LogP contribution in [-0.4, -0.2) is 0 Å². The first-order chi connectivity index (χ1) is 14.8. The summed E-state index contributed by atoms with van der Waals surface area (Å²) in [7, 11) is -1.37. The van der Waals surface area contributed by atoms with E-state index in [4.69, 9.17) is 9.20 Å². The summed E-state index contributed by atoms with van der Waals surface area (Å²) in [5.41, 5.74) is 0. The van der Waals surface area contributed by atoms with Crippen LogP contribution in [0.15, 0.2) is 72.8 Å². The lowest BCUT2D eigenvalue weighted by Crippen LogP contribution is -4.00. The molecule has 13 heteroatoms. The van der Waals surface area contributed by atoms with Gasteiger partial charge >= 0.3 is 63.2 Å². The van der Waals surface area contributed by atoms with Crippen LogP contribution in [0.2, 0.25) is 0 Å². The van der Waals surface area contributed by atoms with Crippen LogP contribution in [-0.2, 0) is 0 Å². The Bertz CT molecular complexity index is 879. The lowest BCUT2D eigenvalue weighted by molar-refractivity contribution is -1.62. The van der Waals surface area contributed by atoms with E-state index >= 15 is 0 Å². The van der Waals surface area contributed by atoms with Gasteiger partial charge in [0.15, 0.2) is 0 Å². The smallest absolute Gasteiger partial charge is 0.385 e. The largest absolute Gasteiger partial charge is 0.570 e. The highest BCUT2D eigenvalue weighted by atomic mass is 127. The number of benzene rings is 3. The van der Waals surface area contributed by atoms with Crippen LogP contribution in [0, 0.1) is 0 Å². The fourth-order valence-electron chi connectivity index (χ4n) is 2.68. The van der Waals surface area contributed by atoms with Gasteiger partial charge < -0.3 is 20.6 Å². The summed E-state index contributed by atoms with van der Waals surface area (Å²) in [6, 6.07) is 19.5. The van der Waals surface area contributed by atoms with Crippen molar-refractivity contribution in [2.75, 3.05) is 0 Å². The van der Waals surface area contributed by atoms with Crippen molar-refractivity contribution in [3.63, 3.8) is 0 Å². The van der Waals surface area contributed by atoms with Gasteiger partial charge in [0.25, 0.3) is 0 Å². The van der Waals surface area contributed by atoms with Gasteiger partial charge in [0.05, 0.1) is 0 Å². The second-order valence-corrected chi connectivity index (χ2v) is 12.4. The molecule has 31 heavy (non-hydrogen) atoms. The monoisotopic (exact) mass is 784 g/mol. The summed E-state index contributed by atoms with van der Waals surface area (Å²) in [5, 5.41) is 2.08. The van der Waals surface area contributed by atoms with Crippen LogP contribution in [0.1, 0.15) is 0 Å². The normalized spacial score (nSPS) is 11.4. The molecule has 9 nitrogen and oxygen atoms in total. The molecule has 0 radical (unpaired) electrons. The Kier molecular flexibility index (Phi) is 9.75. The number of hydrogen-bond donors (Lipinski definition) is 0. The van der Waals surface area contributed by atoms with Gasteiger partial charge in [-0.15, -0.1) is 9.20 Å². The van der Waals surface area contributed by atoms with E-state index in [0.717, 1.165) is 0 Å². The van der Waals surface area contributed by atoms with Crippen LogP contribution in [0.3, 0.4) is 0 Å². The molecule has 0 N–H and O–H groups in total. The molecule has 0 saturated carbocycles. The van der Waals surface area contributed by atoms with Crippen LogP contribution in [0.4, 0.5) is 0 Å². The highest BCUT2D eigenvalue weighted by molar-refractivity contribution is 7.79. The molecule has 0 amide bonds. The SMILES string of the molecule is [O-][I+2]([O-])Oc1cccc(P(c2cccc(O[I+2]([O-])[O-])c2)c2cccc(O[I+2]([O-])[O-])c2)c1. The summed E-state index contributed by atoms with van der Waals surface area (Å²) in [6.07, 6.45) is 0. The van der Waals surface area contributed by atoms with Gasteiger partial charge in [0.2, 0.25) is 17.2 Å². The van der Waals surface area contributed by atoms with E-state index in [2.05, 4.69) is 0 Å². The minimum absolute atomic E-state index is 0.153. The fourth-order valence-corrected chi connectivity index (χ4v) is 7.11. The first-order valence-electron chi connectivity index (χ1n) is 8.14. The fraction of sp³-hybridized carbons (Fsp3) is 0. The zero-order chi connectivity index (χ0) is 22.4. The molecular weight excluding hydrogens is 772 g/mol. The second-order valence-electron chi connectivity index (χ2n) is 5.63. The van der Waals surface area contributed by atoms with Crippen molar-refractivity contribution in [3.8, 4) is 17.2 Å². The molecule has 0 aliphatic heterocycles. The van der Waals surface area contributed by atoms with E-state index in [1.807, 2.05) is 0 Å². The molecule has 164 valence electrons. The Hall–Kier alpha value is -0.560. The predicted molar refractivity (Wildman–Crippen MR) is 87.0 cm³/mol. The van der Waals surface area contributed by atoms with Crippen LogP contribution in [0.25, 0.3) is 0 Å². The molecule has 0 heterocycles. The maximum absolute atomic E-state index is 11.1. The van der Waals surface area contributed by atoms with Gasteiger partial charge in [-0.25, -0.2) is 0 Å². The number of halogens is 3. The van der Waals surface area contributed by atoms with E-state index in [-0.39, 0.29) is 17.2 Å². The maximum atomic E-state index is 11.1. The van der Waals surface area contributed by atoms with Crippen LogP contribution in [0.5, 0.6) is 17.2 Å². The summed E-state index contributed by atoms with van der Waals surface area (Å²) in [6.45, 7) is 0. The molecule has 3 aromatic rings. The second kappa shape index (κ2) is 12.1. The van der Waals surface area contributed by atoms with E-state index in [0.29, 0.717) is 15.9 Å². The third kappa shape index (κ3) is 7.76. The Morgan fingerprint density at radius 3 is 1.03 bits per heavy atom. The third-order valence-electron chi connectivity index (χ3n) is 3.68. The molecule has 0 unspecified atom stereocenters. The highest BCUT2D eigenvalue weighted by Gasteiger charge is 2.24. The molecule has 3 rings (SSSR count). The Labute approximate surface area is 205 Å². The summed E-state index contributed by atoms with van der Waals surface area (Å²) < 4.78 is 81.0. The van der Waals surface area contributed by atoms with E-state index < -0.39 is 71.1 Å². The summed E-state index contributed by atoms with van der Waals surface area (Å²) in [5.74, 6) is 0.459. The van der Waals surface area contributed by atoms with Crippen molar-refractivity contribution < 1.29 is 93.0 Å². The molecule has 0 aromatic heterocycles. The molecule has 0 atom stereocenters. The lowest BCUT2D eigenvalue weighted by atomic mass is 10.3. The standard InChI is InChI=1S/C18H12I3O9P/c22-19(23)28-13-4-1-7-16(10-13)31(17-8-2-5-14(11-17)29-20(24)25)18-9-3-6-15(12-18)30-21(26)27/h1-12H. The van der Waals surface area contributed by atoms with Crippen molar-refractivity contribution in [1.82, 2.24) is 0 Å². The van der Waals surface area contributed by atoms with Gasteiger partial charge in [-0.2, -0.15) is 0 Å². The molecule has 0 bridgehead atoms. The molecule has 3 aromatic carbocycles. The summed E-state index contributed by atoms with van der Waals surface area (Å²) >= 11 is -11.9. The number of rotatable bonds is 9. The topological polar surface area (TPSA) is 166 Å². The minimum Gasteiger partial charge on any atom is -0.385 e. The third-order valence-corrected chi connectivity index (χ3v) is 8.67. The van der Waals surface area contributed by atoms with Gasteiger partial charge in [-0.3, -0.25) is 0 Å². The van der Waals surface area contributed by atoms with Crippen molar-refractivity contribution in [2.45, 2.75) is 0 Å². The van der Waals surface area contributed by atoms with Gasteiger partial charge in [-0.1, -0.05) is 36.4 Å². The van der Waals surface area contributed by atoms with Gasteiger partial charge in [-0.05, 0) is 60.2 Å². The maximum Gasteiger partial charge on any atom is 0.570 e. The molecule has 0 aliphatic rings. The Balaban J connectivity index is 2.09. The highest BCUT2D eigenvalue weighted by Crippen LogP contribution is 2.35. The molecule has 0 fully saturated rings. The first kappa shape index (κ1) is 25.1. The quantitative estimate of drug-likeness (QED) is 0.151. The van der Waals surface area contributed by atoms with Crippen molar-refractivity contribution in [3.05, 3.63) is 72.8 Å². The van der Waals surface area contributed by atoms with Crippen molar-refractivity contribution in [1.29, 1.82) is 0 Å². The molecule has 0 spiro atoms. The van der Waals surface area contributed by atoms with E-state index in [1.165, 1.54) is 18.2 Å². The van der Waals surface area contributed by atoms with E-state index in [9.17, 15) is 20.6 Å². The zero-order valence-electron chi connectivity index (χ0n) is 15.2. The van der Waals surface area contributed by atoms with Gasteiger partial charge in [0, 0.05) is 0 Å². The zero-order valence-corrected chi connectivity index (χ0v) is 22.6. The van der Waals surface area contributed by atoms with E-state index in [1.54, 1.807) is 54.6 Å². The van der Waals surface area contributed by atoms with Crippen LogP contribution >= 0.6 is 7.92 Å². The minimum atomic E-state index is -3.98. The lowest BCUT2D eigenvalue weighted by Gasteiger charge is -2.19. The van der Waals surface area contributed by atoms with Crippen LogP contribution < -0.4 is 109 Å². The Morgan fingerprint density at radius 2 is 0.774 bits per heavy atom. The predicted octanol–water partition coefficient (Wildman–Crippen LogP) is -13.1. The van der Waals surface area contributed by atoms with Crippen molar-refractivity contribution >= 4 is 23.8 Å². The summed E-state index contributed by atoms with van der Waals surface area (Å²) in [4.78, 5) is 0. The molecular formula is C18H12I3O9P. The molecule has 0 aliphatic carbocycles. The van der Waals surface area contributed by atoms with Crippen molar-refractivity contribution in [2.24, 2.45) is 0 Å². The first-order valence-corrected chi connectivity index (χ1v) is 17.4.